The molecule has 0 N–H and O–H groups in total. The van der Waals surface area contributed by atoms with Crippen molar-refractivity contribution in [2.24, 2.45) is 11.8 Å². The smallest absolute Gasteiger partial charge is 0.266 e. The zero-order chi connectivity index (χ0) is 23.4. The number of aryl methyl sites for hydroxylation is 1. The highest BCUT2D eigenvalue weighted by molar-refractivity contribution is 5.79. The van der Waals surface area contributed by atoms with Crippen LogP contribution in [0.4, 0.5) is 0 Å². The second-order valence-electron chi connectivity index (χ2n) is 9.19. The number of amides is 1. The van der Waals surface area contributed by atoms with E-state index in [-0.39, 0.29) is 23.4 Å². The molecule has 0 bridgehead atoms. The Hall–Kier alpha value is -2.95. The molecule has 3 rings (SSSR count). The van der Waals surface area contributed by atoms with E-state index in [2.05, 4.69) is 20.8 Å². The summed E-state index contributed by atoms with van der Waals surface area (Å²) in [5, 5.41) is 0.576. The fourth-order valence-corrected chi connectivity index (χ4v) is 3.92. The first-order valence-corrected chi connectivity index (χ1v) is 11.7. The Bertz CT molecular complexity index is 1130. The summed E-state index contributed by atoms with van der Waals surface area (Å²) < 4.78 is 1.68. The van der Waals surface area contributed by atoms with Gasteiger partial charge < -0.3 is 4.90 Å². The minimum Gasteiger partial charge on any atom is -0.333 e. The quantitative estimate of drug-likeness (QED) is 0.469. The van der Waals surface area contributed by atoms with Crippen LogP contribution >= 0.6 is 0 Å². The standard InChI is InChI=1S/C27H35N3O2/c1-7-21-12-14-22(15-13-21)30-25(28-24-11-9-8-10-23(24)27(30)32)20(6)29(17-16-18(2)3)26(31)19(4)5/h8-15,18-20H,7,16-17H2,1-6H3. The highest BCUT2D eigenvalue weighted by Gasteiger charge is 2.28. The molecule has 170 valence electrons. The normalized spacial score (nSPS) is 12.5. The first kappa shape index (κ1) is 23.7. The third-order valence-corrected chi connectivity index (χ3v) is 5.97. The Morgan fingerprint density at radius 2 is 1.66 bits per heavy atom. The average Bonchev–Trinajstić information content (AvgIpc) is 2.78. The molecule has 0 aliphatic heterocycles. The Kier molecular flexibility index (Phi) is 7.49. The van der Waals surface area contributed by atoms with E-state index in [9.17, 15) is 9.59 Å². The van der Waals surface area contributed by atoms with Gasteiger partial charge in [-0.05, 0) is 55.5 Å². The van der Waals surface area contributed by atoms with Crippen molar-refractivity contribution < 1.29 is 4.79 Å². The second-order valence-corrected chi connectivity index (χ2v) is 9.19. The molecule has 0 aliphatic rings. The third-order valence-electron chi connectivity index (χ3n) is 5.97. The Balaban J connectivity index is 2.21. The number of para-hydroxylation sites is 1. The fourth-order valence-electron chi connectivity index (χ4n) is 3.92. The van der Waals surface area contributed by atoms with Gasteiger partial charge in [0.15, 0.2) is 0 Å². The zero-order valence-corrected chi connectivity index (χ0v) is 20.1. The lowest BCUT2D eigenvalue weighted by atomic mass is 10.1. The van der Waals surface area contributed by atoms with Gasteiger partial charge in [0.2, 0.25) is 5.91 Å². The van der Waals surface area contributed by atoms with E-state index >= 15 is 0 Å². The van der Waals surface area contributed by atoms with Gasteiger partial charge in [0.05, 0.1) is 22.6 Å². The van der Waals surface area contributed by atoms with Crippen molar-refractivity contribution in [3.63, 3.8) is 0 Å². The number of rotatable bonds is 8. The van der Waals surface area contributed by atoms with Crippen LogP contribution in [-0.4, -0.2) is 26.9 Å². The van der Waals surface area contributed by atoms with E-state index < -0.39 is 0 Å². The summed E-state index contributed by atoms with van der Waals surface area (Å²) in [6.07, 6.45) is 1.83. The lowest BCUT2D eigenvalue weighted by Gasteiger charge is -2.32. The van der Waals surface area contributed by atoms with Crippen LogP contribution in [0.25, 0.3) is 16.6 Å². The van der Waals surface area contributed by atoms with Crippen LogP contribution in [0.15, 0.2) is 53.3 Å². The van der Waals surface area contributed by atoms with E-state index in [1.165, 1.54) is 5.56 Å². The highest BCUT2D eigenvalue weighted by Crippen LogP contribution is 2.25. The molecule has 1 atom stereocenters. The molecule has 1 heterocycles. The molecule has 1 unspecified atom stereocenters. The van der Waals surface area contributed by atoms with Gasteiger partial charge in [0, 0.05) is 12.5 Å². The molecular formula is C27H35N3O2. The molecule has 0 radical (unpaired) electrons. The summed E-state index contributed by atoms with van der Waals surface area (Å²) in [5.41, 5.74) is 2.52. The molecule has 1 aromatic heterocycles. The molecule has 5 nitrogen and oxygen atoms in total. The van der Waals surface area contributed by atoms with Crippen molar-refractivity contribution in [1.82, 2.24) is 14.5 Å². The predicted octanol–water partition coefficient (Wildman–Crippen LogP) is 5.54. The molecule has 0 saturated heterocycles. The SMILES string of the molecule is CCc1ccc(-n2c(C(C)N(CCC(C)C)C(=O)C(C)C)nc3ccccc3c2=O)cc1. The van der Waals surface area contributed by atoms with E-state index in [1.54, 1.807) is 4.57 Å². The predicted molar refractivity (Wildman–Crippen MR) is 131 cm³/mol. The van der Waals surface area contributed by atoms with Gasteiger partial charge in [-0.15, -0.1) is 0 Å². The summed E-state index contributed by atoms with van der Waals surface area (Å²) in [7, 11) is 0. The van der Waals surface area contributed by atoms with Crippen LogP contribution in [-0.2, 0) is 11.2 Å². The number of carbonyl (C=O) groups excluding carboxylic acids is 1. The monoisotopic (exact) mass is 433 g/mol. The molecule has 3 aromatic rings. The number of fused-ring (bicyclic) bond motifs is 1. The minimum absolute atomic E-state index is 0.0773. The van der Waals surface area contributed by atoms with E-state index in [1.807, 2.05) is 74.2 Å². The molecule has 1 amide bonds. The second kappa shape index (κ2) is 10.1. The largest absolute Gasteiger partial charge is 0.333 e. The molecule has 0 fully saturated rings. The van der Waals surface area contributed by atoms with Gasteiger partial charge in [-0.2, -0.15) is 0 Å². The number of nitrogens with zero attached hydrogens (tertiary/aromatic N) is 3. The van der Waals surface area contributed by atoms with Crippen molar-refractivity contribution in [1.29, 1.82) is 0 Å². The number of aromatic nitrogens is 2. The molecule has 0 aliphatic carbocycles. The van der Waals surface area contributed by atoms with Gasteiger partial charge in [0.25, 0.3) is 5.56 Å². The van der Waals surface area contributed by atoms with Crippen molar-refractivity contribution in [2.45, 2.75) is 60.4 Å². The van der Waals surface area contributed by atoms with Crippen molar-refractivity contribution in [3.8, 4) is 5.69 Å². The maximum Gasteiger partial charge on any atom is 0.266 e. The van der Waals surface area contributed by atoms with Gasteiger partial charge in [-0.1, -0.05) is 58.9 Å². The van der Waals surface area contributed by atoms with Gasteiger partial charge in [-0.3, -0.25) is 14.2 Å². The number of hydrogen-bond acceptors (Lipinski definition) is 3. The lowest BCUT2D eigenvalue weighted by molar-refractivity contribution is -0.137. The number of hydrogen-bond donors (Lipinski definition) is 0. The minimum atomic E-state index is -0.341. The van der Waals surface area contributed by atoms with Crippen molar-refractivity contribution in [2.75, 3.05) is 6.54 Å². The maximum atomic E-state index is 13.6. The number of carbonyl (C=O) groups is 1. The Morgan fingerprint density at radius 1 is 1.00 bits per heavy atom. The first-order chi connectivity index (χ1) is 15.2. The number of benzene rings is 2. The van der Waals surface area contributed by atoms with Gasteiger partial charge >= 0.3 is 0 Å². The van der Waals surface area contributed by atoms with Crippen LogP contribution in [0.5, 0.6) is 0 Å². The Labute approximate surface area is 191 Å². The van der Waals surface area contributed by atoms with Crippen LogP contribution in [0, 0.1) is 11.8 Å². The van der Waals surface area contributed by atoms with E-state index in [0.717, 1.165) is 18.5 Å². The van der Waals surface area contributed by atoms with Crippen LogP contribution in [0.3, 0.4) is 0 Å². The lowest BCUT2D eigenvalue weighted by Crippen LogP contribution is -2.40. The highest BCUT2D eigenvalue weighted by atomic mass is 16.2. The molecular weight excluding hydrogens is 398 g/mol. The maximum absolute atomic E-state index is 13.6. The summed E-state index contributed by atoms with van der Waals surface area (Å²) in [6.45, 7) is 12.9. The zero-order valence-electron chi connectivity index (χ0n) is 20.1. The van der Waals surface area contributed by atoms with Crippen molar-refractivity contribution >= 4 is 16.8 Å². The molecule has 0 saturated carbocycles. The third kappa shape index (κ3) is 4.93. The Morgan fingerprint density at radius 3 is 2.25 bits per heavy atom. The van der Waals surface area contributed by atoms with Crippen LogP contribution in [0.1, 0.15) is 65.4 Å². The van der Waals surface area contributed by atoms with Crippen LogP contribution in [0.2, 0.25) is 0 Å². The van der Waals surface area contributed by atoms with E-state index in [0.29, 0.717) is 29.2 Å². The molecule has 32 heavy (non-hydrogen) atoms. The van der Waals surface area contributed by atoms with Crippen molar-refractivity contribution in [3.05, 3.63) is 70.3 Å². The van der Waals surface area contributed by atoms with Crippen LogP contribution < -0.4 is 5.56 Å². The average molecular weight is 434 g/mol. The summed E-state index contributed by atoms with van der Waals surface area (Å²) in [6, 6.07) is 15.1. The van der Waals surface area contributed by atoms with E-state index in [4.69, 9.17) is 4.98 Å². The van der Waals surface area contributed by atoms with Gasteiger partial charge in [-0.25, -0.2) is 4.98 Å². The molecule has 0 spiro atoms. The summed E-state index contributed by atoms with van der Waals surface area (Å²) in [5.74, 6) is 1.01. The van der Waals surface area contributed by atoms with Gasteiger partial charge in [0.1, 0.15) is 5.82 Å². The molecule has 5 heteroatoms. The summed E-state index contributed by atoms with van der Waals surface area (Å²) in [4.78, 5) is 33.6. The summed E-state index contributed by atoms with van der Waals surface area (Å²) >= 11 is 0. The topological polar surface area (TPSA) is 55.2 Å². The first-order valence-electron chi connectivity index (χ1n) is 11.7. The fraction of sp³-hybridized carbons (Fsp3) is 0.444. The molecule has 2 aromatic carbocycles.